The molecule has 11 heteroatoms. The first-order valence-corrected chi connectivity index (χ1v) is 12.7. The van der Waals surface area contributed by atoms with Gasteiger partial charge < -0.3 is 14.4 Å². The maximum atomic E-state index is 14.9. The fourth-order valence-corrected chi connectivity index (χ4v) is 7.75. The van der Waals surface area contributed by atoms with Crippen LogP contribution in [0.5, 0.6) is 0 Å². The van der Waals surface area contributed by atoms with Crippen molar-refractivity contribution in [2.75, 3.05) is 65.1 Å². The van der Waals surface area contributed by atoms with Crippen LogP contribution in [0.25, 0.3) is 0 Å². The van der Waals surface area contributed by atoms with Gasteiger partial charge in [-0.1, -0.05) is 0 Å². The first kappa shape index (κ1) is 24.6. The van der Waals surface area contributed by atoms with Crippen molar-refractivity contribution >= 4 is 26.1 Å². The Morgan fingerprint density at radius 2 is 1.82 bits per heavy atom. The van der Waals surface area contributed by atoms with E-state index in [1.807, 2.05) is 28.3 Å². The van der Waals surface area contributed by atoms with Crippen molar-refractivity contribution in [3.05, 3.63) is 57.9 Å². The van der Waals surface area contributed by atoms with E-state index in [2.05, 4.69) is 9.88 Å². The second-order valence-electron chi connectivity index (χ2n) is 8.42. The molecule has 4 rings (SSSR count). The molecule has 0 aliphatic carbocycles. The molecule has 0 saturated carbocycles. The van der Waals surface area contributed by atoms with E-state index >= 15 is 0 Å². The van der Waals surface area contributed by atoms with Crippen molar-refractivity contribution in [1.29, 1.82) is 0 Å². The van der Waals surface area contributed by atoms with E-state index in [-0.39, 0.29) is 12.3 Å². The molecule has 0 radical (unpaired) electrons. The van der Waals surface area contributed by atoms with Crippen LogP contribution in [0.2, 0.25) is 0 Å². The highest BCUT2D eigenvalue weighted by molar-refractivity contribution is 8.01. The quantitative estimate of drug-likeness (QED) is 0.299. The molecule has 1 saturated heterocycles. The number of nitro benzene ring substituents is 1. The second kappa shape index (κ2) is 10.4. The summed E-state index contributed by atoms with van der Waals surface area (Å²) in [6, 6.07) is 7.03. The number of non-ortho nitro benzene ring substituents is 1. The van der Waals surface area contributed by atoms with Crippen LogP contribution in [0, 0.1) is 17.0 Å². The van der Waals surface area contributed by atoms with Crippen molar-refractivity contribution in [2.24, 2.45) is 0 Å². The third-order valence-electron chi connectivity index (χ3n) is 6.29. The summed E-state index contributed by atoms with van der Waals surface area (Å²) in [5.74, 6) is 0. The topological polar surface area (TPSA) is 101 Å². The molecular formula is C23H31N5O5S. The number of hydrogen-bond acceptors (Lipinski definition) is 8. The largest absolute Gasteiger partial charge is 0.383 e. The summed E-state index contributed by atoms with van der Waals surface area (Å²) < 4.78 is 27.7. The molecule has 1 atom stereocenters. The SMILES string of the molecule is COCCN1C(COC)=S(=O)(N2CCN(Cc3ccncc3)CC2)c2cc([N+](=O)[O-])cc(C)c21. The number of nitro groups is 1. The van der Waals surface area contributed by atoms with Crippen LogP contribution >= 0.6 is 0 Å². The summed E-state index contributed by atoms with van der Waals surface area (Å²) >= 11 is 0. The molecule has 0 N–H and O–H groups in total. The molecule has 2 aliphatic rings. The highest BCUT2D eigenvalue weighted by Gasteiger charge is 2.41. The predicted octanol–water partition coefficient (Wildman–Crippen LogP) is 1.92. The van der Waals surface area contributed by atoms with Gasteiger partial charge in [-0.2, -0.15) is 0 Å². The average molecular weight is 490 g/mol. The zero-order valence-corrected chi connectivity index (χ0v) is 20.6. The van der Waals surface area contributed by atoms with Crippen molar-refractivity contribution in [2.45, 2.75) is 18.4 Å². The molecule has 1 unspecified atom stereocenters. The van der Waals surface area contributed by atoms with Gasteiger partial charge in [0.05, 0.1) is 38.4 Å². The summed E-state index contributed by atoms with van der Waals surface area (Å²) in [5, 5.41) is 11.6. The molecule has 1 fully saturated rings. The van der Waals surface area contributed by atoms with Crippen LogP contribution in [0.4, 0.5) is 11.4 Å². The maximum absolute atomic E-state index is 14.9. The monoisotopic (exact) mass is 489 g/mol. The van der Waals surface area contributed by atoms with Gasteiger partial charge in [0.15, 0.2) is 0 Å². The number of piperazine rings is 1. The number of aromatic nitrogens is 1. The highest BCUT2D eigenvalue weighted by Crippen LogP contribution is 2.41. The summed E-state index contributed by atoms with van der Waals surface area (Å²) in [4.78, 5) is 20.7. The molecule has 1 aromatic heterocycles. The van der Waals surface area contributed by atoms with Crippen LogP contribution in [0.3, 0.4) is 0 Å². The van der Waals surface area contributed by atoms with E-state index in [1.54, 1.807) is 32.7 Å². The van der Waals surface area contributed by atoms with E-state index in [0.717, 1.165) is 30.9 Å². The maximum Gasteiger partial charge on any atom is 0.271 e. The fourth-order valence-electron chi connectivity index (χ4n) is 4.67. The summed E-state index contributed by atoms with van der Waals surface area (Å²) in [6.45, 7) is 6.34. The van der Waals surface area contributed by atoms with E-state index in [9.17, 15) is 14.3 Å². The molecule has 0 amide bonds. The van der Waals surface area contributed by atoms with E-state index in [1.165, 1.54) is 11.6 Å². The van der Waals surface area contributed by atoms with Gasteiger partial charge >= 0.3 is 0 Å². The first-order chi connectivity index (χ1) is 16.4. The number of anilines is 1. The van der Waals surface area contributed by atoms with Crippen LogP contribution in [0.15, 0.2) is 41.6 Å². The van der Waals surface area contributed by atoms with Crippen LogP contribution < -0.4 is 4.90 Å². The van der Waals surface area contributed by atoms with Gasteiger partial charge in [-0.25, -0.2) is 8.51 Å². The fraction of sp³-hybridized carbons (Fsp3) is 0.478. The molecule has 2 aliphatic heterocycles. The van der Waals surface area contributed by atoms with Crippen LogP contribution in [-0.4, -0.2) is 88.5 Å². The Balaban J connectivity index is 1.72. The third-order valence-corrected chi connectivity index (χ3v) is 9.26. The Morgan fingerprint density at radius 3 is 2.44 bits per heavy atom. The lowest BCUT2D eigenvalue weighted by molar-refractivity contribution is -0.385. The summed E-state index contributed by atoms with van der Waals surface area (Å²) in [5.41, 5.74) is 2.61. The standard InChI is InChI=1S/C23H31N5O5S/c1-18-14-20(28(29)30)15-21-23(18)27(12-13-32-2)22(17-33-3)34(21,31)26-10-8-25(9-11-26)16-19-4-6-24-7-5-19/h4-7,14-15H,8-13,16-17H2,1-3H3. The minimum Gasteiger partial charge on any atom is -0.383 e. The minimum absolute atomic E-state index is 0.0503. The van der Waals surface area contributed by atoms with Crippen molar-refractivity contribution < 1.29 is 18.6 Å². The van der Waals surface area contributed by atoms with E-state index in [0.29, 0.717) is 36.1 Å². The Morgan fingerprint density at radius 1 is 1.12 bits per heavy atom. The lowest BCUT2D eigenvalue weighted by Crippen LogP contribution is -2.50. The number of fused-ring (bicyclic) bond motifs is 1. The number of pyridine rings is 1. The minimum atomic E-state index is -2.92. The Hall–Kier alpha value is -2.57. The number of aryl methyl sites for hydroxylation is 1. The number of benzene rings is 1. The van der Waals surface area contributed by atoms with Crippen LogP contribution in [-0.2, 0) is 25.7 Å². The number of ether oxygens (including phenoxy) is 2. The Labute approximate surface area is 200 Å². The number of hydrogen-bond donors (Lipinski definition) is 0. The Kier molecular flexibility index (Phi) is 7.48. The van der Waals surface area contributed by atoms with Gasteiger partial charge in [-0.05, 0) is 30.2 Å². The Bertz CT molecular complexity index is 1160. The predicted molar refractivity (Wildman–Crippen MR) is 131 cm³/mol. The second-order valence-corrected chi connectivity index (χ2v) is 10.9. The molecule has 184 valence electrons. The third kappa shape index (κ3) is 4.53. The zero-order chi connectivity index (χ0) is 24.3. The molecule has 10 nitrogen and oxygen atoms in total. The lowest BCUT2D eigenvalue weighted by Gasteiger charge is -2.36. The zero-order valence-electron chi connectivity index (χ0n) is 19.8. The van der Waals surface area contributed by atoms with Gasteiger partial charge in [-0.3, -0.25) is 20.0 Å². The van der Waals surface area contributed by atoms with E-state index in [4.69, 9.17) is 9.47 Å². The average Bonchev–Trinajstić information content (AvgIpc) is 3.08. The summed E-state index contributed by atoms with van der Waals surface area (Å²) in [7, 11) is 0.278. The van der Waals surface area contributed by atoms with Crippen molar-refractivity contribution in [1.82, 2.24) is 14.2 Å². The molecule has 1 aromatic carbocycles. The van der Waals surface area contributed by atoms with Gasteiger partial charge in [0.25, 0.3) is 5.69 Å². The molecule has 0 bridgehead atoms. The highest BCUT2D eigenvalue weighted by atomic mass is 32.2. The summed E-state index contributed by atoms with van der Waals surface area (Å²) in [6.07, 6.45) is 3.57. The molecule has 3 heterocycles. The van der Waals surface area contributed by atoms with Crippen molar-refractivity contribution in [3.8, 4) is 0 Å². The van der Waals surface area contributed by atoms with Gasteiger partial charge in [-0.15, -0.1) is 0 Å². The number of methoxy groups -OCH3 is 2. The number of rotatable bonds is 9. The normalized spacial score (nSPS) is 21.1. The van der Waals surface area contributed by atoms with Gasteiger partial charge in [0, 0.05) is 78.0 Å². The van der Waals surface area contributed by atoms with Crippen molar-refractivity contribution in [3.63, 3.8) is 0 Å². The van der Waals surface area contributed by atoms with E-state index < -0.39 is 14.6 Å². The van der Waals surface area contributed by atoms with Gasteiger partial charge in [0.2, 0.25) is 0 Å². The van der Waals surface area contributed by atoms with Gasteiger partial charge in [0.1, 0.15) is 4.99 Å². The molecule has 2 aromatic rings. The molecule has 34 heavy (non-hydrogen) atoms. The number of nitrogens with zero attached hydrogens (tertiary/aromatic N) is 5. The molecular weight excluding hydrogens is 458 g/mol. The first-order valence-electron chi connectivity index (χ1n) is 11.2. The lowest BCUT2D eigenvalue weighted by atomic mass is 10.1. The smallest absolute Gasteiger partial charge is 0.271 e. The van der Waals surface area contributed by atoms with Crippen LogP contribution in [0.1, 0.15) is 11.1 Å². The molecule has 0 spiro atoms.